The zero-order valence-electron chi connectivity index (χ0n) is 13.2. The van der Waals surface area contributed by atoms with E-state index >= 15 is 0 Å². The standard InChI is InChI=1S/C19H16N4O/c1-13-6-2-5-9-16(13)24-19-15-8-4-3-7-14(15)12-18(22-19)21-17-10-11-20-23-17/h2-12H,1H3,(H2,20,21,22,23). The average molecular weight is 316 g/mol. The number of benzene rings is 2. The molecule has 5 heteroatoms. The highest BCUT2D eigenvalue weighted by Gasteiger charge is 2.10. The number of pyridine rings is 1. The normalized spacial score (nSPS) is 10.7. The van der Waals surface area contributed by atoms with E-state index in [1.807, 2.05) is 67.6 Å². The van der Waals surface area contributed by atoms with E-state index in [2.05, 4.69) is 20.5 Å². The number of rotatable bonds is 4. The molecule has 0 saturated heterocycles. The van der Waals surface area contributed by atoms with Gasteiger partial charge in [0.25, 0.3) is 0 Å². The highest BCUT2D eigenvalue weighted by molar-refractivity contribution is 5.89. The number of aromatic nitrogens is 3. The van der Waals surface area contributed by atoms with Crippen molar-refractivity contribution in [2.45, 2.75) is 6.92 Å². The molecule has 118 valence electrons. The Kier molecular flexibility index (Phi) is 3.59. The number of H-pyrrole nitrogens is 1. The van der Waals surface area contributed by atoms with Gasteiger partial charge in [-0.1, -0.05) is 36.4 Å². The SMILES string of the molecule is Cc1ccccc1Oc1nc(Nc2cc[nH]n2)cc2ccccc12. The monoisotopic (exact) mass is 316 g/mol. The van der Waals surface area contributed by atoms with Crippen LogP contribution in [0.3, 0.4) is 0 Å². The molecule has 0 aliphatic heterocycles. The summed E-state index contributed by atoms with van der Waals surface area (Å²) < 4.78 is 6.10. The zero-order chi connectivity index (χ0) is 16.4. The molecule has 0 atom stereocenters. The Morgan fingerprint density at radius 3 is 2.62 bits per heavy atom. The first-order chi connectivity index (χ1) is 11.8. The third-order valence-electron chi connectivity index (χ3n) is 3.76. The van der Waals surface area contributed by atoms with E-state index in [-0.39, 0.29) is 0 Å². The molecule has 24 heavy (non-hydrogen) atoms. The number of hydrogen-bond donors (Lipinski definition) is 2. The van der Waals surface area contributed by atoms with Crippen molar-refractivity contribution < 1.29 is 4.74 Å². The molecular weight excluding hydrogens is 300 g/mol. The summed E-state index contributed by atoms with van der Waals surface area (Å²) in [4.78, 5) is 4.62. The van der Waals surface area contributed by atoms with Crippen molar-refractivity contribution in [2.75, 3.05) is 5.32 Å². The van der Waals surface area contributed by atoms with Crippen LogP contribution in [0, 0.1) is 6.92 Å². The summed E-state index contributed by atoms with van der Waals surface area (Å²) in [6.45, 7) is 2.02. The molecule has 0 unspecified atom stereocenters. The Morgan fingerprint density at radius 2 is 1.79 bits per heavy atom. The number of aromatic amines is 1. The summed E-state index contributed by atoms with van der Waals surface area (Å²) in [5.41, 5.74) is 1.06. The van der Waals surface area contributed by atoms with Crippen LogP contribution < -0.4 is 10.1 Å². The fourth-order valence-electron chi connectivity index (χ4n) is 2.54. The molecule has 0 aliphatic carbocycles. The van der Waals surface area contributed by atoms with Crippen molar-refractivity contribution in [2.24, 2.45) is 0 Å². The van der Waals surface area contributed by atoms with Crippen LogP contribution in [0.2, 0.25) is 0 Å². The number of aryl methyl sites for hydroxylation is 1. The van der Waals surface area contributed by atoms with E-state index in [0.29, 0.717) is 17.5 Å². The van der Waals surface area contributed by atoms with Crippen molar-refractivity contribution >= 4 is 22.4 Å². The Labute approximate surface area is 139 Å². The van der Waals surface area contributed by atoms with E-state index < -0.39 is 0 Å². The first-order valence-corrected chi connectivity index (χ1v) is 7.70. The number of anilines is 2. The van der Waals surface area contributed by atoms with Crippen LogP contribution in [0.4, 0.5) is 11.6 Å². The lowest BCUT2D eigenvalue weighted by Crippen LogP contribution is -1.98. The Hall–Kier alpha value is -3.34. The predicted octanol–water partition coefficient (Wildman–Crippen LogP) is 4.80. The molecule has 0 spiro atoms. The largest absolute Gasteiger partial charge is 0.438 e. The maximum atomic E-state index is 6.10. The molecule has 5 nitrogen and oxygen atoms in total. The van der Waals surface area contributed by atoms with Gasteiger partial charge in [-0.15, -0.1) is 0 Å². The fraction of sp³-hybridized carbons (Fsp3) is 0.0526. The summed E-state index contributed by atoms with van der Waals surface area (Å²) in [5, 5.41) is 12.1. The maximum Gasteiger partial charge on any atom is 0.229 e. The Bertz CT molecular complexity index is 980. The van der Waals surface area contributed by atoms with Crippen molar-refractivity contribution in [3.63, 3.8) is 0 Å². The summed E-state index contributed by atoms with van der Waals surface area (Å²) in [7, 11) is 0. The van der Waals surface area contributed by atoms with Gasteiger partial charge in [0, 0.05) is 17.6 Å². The highest BCUT2D eigenvalue weighted by Crippen LogP contribution is 2.32. The lowest BCUT2D eigenvalue weighted by atomic mass is 10.1. The molecular formula is C19H16N4O. The Morgan fingerprint density at radius 1 is 0.958 bits per heavy atom. The fourth-order valence-corrected chi connectivity index (χ4v) is 2.54. The zero-order valence-corrected chi connectivity index (χ0v) is 13.2. The van der Waals surface area contributed by atoms with Crippen LogP contribution in [-0.2, 0) is 0 Å². The summed E-state index contributed by atoms with van der Waals surface area (Å²) in [6, 6.07) is 19.8. The number of nitrogens with zero attached hydrogens (tertiary/aromatic N) is 2. The molecule has 0 saturated carbocycles. The third kappa shape index (κ3) is 2.79. The molecule has 0 bridgehead atoms. The molecule has 2 aromatic heterocycles. The van der Waals surface area contributed by atoms with Crippen LogP contribution in [0.1, 0.15) is 5.56 Å². The Balaban J connectivity index is 1.79. The minimum Gasteiger partial charge on any atom is -0.438 e. The van der Waals surface area contributed by atoms with Gasteiger partial charge in [-0.3, -0.25) is 5.10 Å². The van der Waals surface area contributed by atoms with Gasteiger partial charge in [-0.2, -0.15) is 10.1 Å². The van der Waals surface area contributed by atoms with Crippen LogP contribution in [0.15, 0.2) is 66.9 Å². The van der Waals surface area contributed by atoms with E-state index in [4.69, 9.17) is 4.74 Å². The van der Waals surface area contributed by atoms with Crippen LogP contribution in [0.5, 0.6) is 11.6 Å². The average Bonchev–Trinajstić information content (AvgIpc) is 3.10. The second-order valence-corrected chi connectivity index (χ2v) is 5.49. The molecule has 0 amide bonds. The first-order valence-electron chi connectivity index (χ1n) is 7.70. The lowest BCUT2D eigenvalue weighted by Gasteiger charge is -2.12. The highest BCUT2D eigenvalue weighted by atomic mass is 16.5. The van der Waals surface area contributed by atoms with Gasteiger partial charge in [0.15, 0.2) is 5.82 Å². The van der Waals surface area contributed by atoms with Crippen LogP contribution in [-0.4, -0.2) is 15.2 Å². The number of ether oxygens (including phenoxy) is 1. The smallest absolute Gasteiger partial charge is 0.229 e. The quantitative estimate of drug-likeness (QED) is 0.567. The van der Waals surface area contributed by atoms with Gasteiger partial charge in [-0.05, 0) is 36.1 Å². The van der Waals surface area contributed by atoms with Crippen molar-refractivity contribution in [1.82, 2.24) is 15.2 Å². The molecule has 2 aromatic carbocycles. The molecule has 0 fully saturated rings. The second-order valence-electron chi connectivity index (χ2n) is 5.49. The minimum absolute atomic E-state index is 0.570. The summed E-state index contributed by atoms with van der Waals surface area (Å²) in [5.74, 6) is 2.76. The summed E-state index contributed by atoms with van der Waals surface area (Å²) in [6.07, 6.45) is 1.76. The van der Waals surface area contributed by atoms with Gasteiger partial charge in [-0.25, -0.2) is 0 Å². The maximum absolute atomic E-state index is 6.10. The van der Waals surface area contributed by atoms with Crippen LogP contribution in [0.25, 0.3) is 10.8 Å². The van der Waals surface area contributed by atoms with Gasteiger partial charge in [0.05, 0.1) is 0 Å². The second kappa shape index (κ2) is 6.04. The number of para-hydroxylation sites is 1. The van der Waals surface area contributed by atoms with Crippen molar-refractivity contribution in [1.29, 1.82) is 0 Å². The van der Waals surface area contributed by atoms with Gasteiger partial charge >= 0.3 is 0 Å². The van der Waals surface area contributed by atoms with Crippen molar-refractivity contribution in [3.05, 3.63) is 72.4 Å². The first kappa shape index (κ1) is 14.3. The molecule has 0 aliphatic rings. The topological polar surface area (TPSA) is 62.8 Å². The van der Waals surface area contributed by atoms with Gasteiger partial charge in [0.1, 0.15) is 11.6 Å². The minimum atomic E-state index is 0.570. The molecule has 2 N–H and O–H groups in total. The van der Waals surface area contributed by atoms with Gasteiger partial charge < -0.3 is 10.1 Å². The number of nitrogens with one attached hydrogen (secondary N) is 2. The number of hydrogen-bond acceptors (Lipinski definition) is 4. The molecule has 4 rings (SSSR count). The molecule has 0 radical (unpaired) electrons. The molecule has 2 heterocycles. The van der Waals surface area contributed by atoms with Crippen LogP contribution >= 0.6 is 0 Å². The summed E-state index contributed by atoms with van der Waals surface area (Å²) >= 11 is 0. The van der Waals surface area contributed by atoms with Gasteiger partial charge in [0.2, 0.25) is 5.88 Å². The van der Waals surface area contributed by atoms with E-state index in [9.17, 15) is 0 Å². The third-order valence-corrected chi connectivity index (χ3v) is 3.76. The number of fused-ring (bicyclic) bond motifs is 1. The predicted molar refractivity (Wildman–Crippen MR) is 94.9 cm³/mol. The molecule has 4 aromatic rings. The van der Waals surface area contributed by atoms with E-state index in [1.165, 1.54) is 0 Å². The lowest BCUT2D eigenvalue weighted by molar-refractivity contribution is 0.466. The van der Waals surface area contributed by atoms with Crippen molar-refractivity contribution in [3.8, 4) is 11.6 Å². The van der Waals surface area contributed by atoms with E-state index in [0.717, 1.165) is 22.1 Å². The van der Waals surface area contributed by atoms with E-state index in [1.54, 1.807) is 6.20 Å².